The van der Waals surface area contributed by atoms with Crippen molar-refractivity contribution in [2.75, 3.05) is 0 Å². The molecule has 7 nitrogen and oxygen atoms in total. The number of rotatable bonds is 5. The Bertz CT molecular complexity index is 1200. The highest BCUT2D eigenvalue weighted by molar-refractivity contribution is 6.30. The molecule has 34 heavy (non-hydrogen) atoms. The van der Waals surface area contributed by atoms with E-state index in [0.717, 1.165) is 12.1 Å². The highest BCUT2D eigenvalue weighted by atomic mass is 35.5. The van der Waals surface area contributed by atoms with Crippen LogP contribution in [0.1, 0.15) is 33.5 Å². The van der Waals surface area contributed by atoms with Crippen LogP contribution in [0.4, 0.5) is 8.78 Å². The van der Waals surface area contributed by atoms with Gasteiger partial charge in [-0.1, -0.05) is 35.9 Å². The van der Waals surface area contributed by atoms with E-state index in [-0.39, 0.29) is 24.5 Å². The van der Waals surface area contributed by atoms with Crippen molar-refractivity contribution in [2.45, 2.75) is 37.3 Å². The molecule has 2 heterocycles. The van der Waals surface area contributed by atoms with Crippen LogP contribution in [0.25, 0.3) is 0 Å². The van der Waals surface area contributed by atoms with Crippen LogP contribution in [0.2, 0.25) is 10.8 Å². The number of benzene rings is 2. The molecule has 170 valence electrons. The Morgan fingerprint density at radius 3 is 2.50 bits per heavy atom. The van der Waals surface area contributed by atoms with Crippen LogP contribution in [0.3, 0.4) is 0 Å². The molecule has 0 aliphatic carbocycles. The lowest BCUT2D eigenvalue weighted by Crippen LogP contribution is -2.55. The molecule has 1 N–H and O–H groups in total. The van der Waals surface area contributed by atoms with Crippen LogP contribution in [-0.4, -0.2) is 55.2 Å². The summed E-state index contributed by atoms with van der Waals surface area (Å²) in [5, 5.41) is 2.42. The Kier molecular flexibility index (Phi) is 6.24. The van der Waals surface area contributed by atoms with E-state index in [1.165, 1.54) is 29.2 Å². The van der Waals surface area contributed by atoms with Gasteiger partial charge >= 0.3 is 5.92 Å². The first-order valence-electron chi connectivity index (χ1n) is 10.2. The summed E-state index contributed by atoms with van der Waals surface area (Å²) in [6.45, 7) is -0.317. The van der Waals surface area contributed by atoms with E-state index < -0.39 is 47.0 Å². The summed E-state index contributed by atoms with van der Waals surface area (Å²) in [6, 6.07) is 8.07. The minimum absolute atomic E-state index is 0.0292. The molecule has 1 saturated heterocycles. The molecule has 4 amide bonds. The maximum atomic E-state index is 14.6. The first-order valence-corrected chi connectivity index (χ1v) is 10.6. The summed E-state index contributed by atoms with van der Waals surface area (Å²) >= 11 is 5.71. The number of imide groups is 1. The number of nitrogens with zero attached hydrogens (tertiary/aromatic N) is 2. The molecule has 2 aromatic carbocycles. The molecule has 1 fully saturated rings. The molecule has 2 aliphatic heterocycles. The maximum Gasteiger partial charge on any atom is 0.348 e. The summed E-state index contributed by atoms with van der Waals surface area (Å²) in [6.07, 6.45) is -0.103. The van der Waals surface area contributed by atoms with Gasteiger partial charge in [-0.2, -0.15) is 8.78 Å². The van der Waals surface area contributed by atoms with Crippen molar-refractivity contribution in [3.8, 4) is 0 Å². The van der Waals surface area contributed by atoms with Crippen molar-refractivity contribution in [3.05, 3.63) is 69.7 Å². The second kappa shape index (κ2) is 8.87. The molecule has 2 aliphatic rings. The van der Waals surface area contributed by atoms with Crippen LogP contribution in [-0.2, 0) is 33.4 Å². The molecule has 4 radical (unpaired) electrons. The smallest absolute Gasteiger partial charge is 0.348 e. The Morgan fingerprint density at radius 2 is 1.85 bits per heavy atom. The van der Waals surface area contributed by atoms with Crippen molar-refractivity contribution in [1.29, 1.82) is 0 Å². The zero-order valence-electron chi connectivity index (χ0n) is 17.6. The number of hydrogen-bond donors (Lipinski definition) is 1. The third-order valence-corrected chi connectivity index (χ3v) is 6.04. The van der Waals surface area contributed by atoms with Crippen LogP contribution < -0.4 is 5.32 Å². The second-order valence-electron chi connectivity index (χ2n) is 8.16. The van der Waals surface area contributed by atoms with Gasteiger partial charge in [0.05, 0.1) is 7.85 Å². The zero-order chi connectivity index (χ0) is 24.8. The average molecular weight is 481 g/mol. The molecule has 0 bridgehead atoms. The molecule has 0 saturated carbocycles. The van der Waals surface area contributed by atoms with Crippen LogP contribution in [0, 0.1) is 0 Å². The Hall–Kier alpha value is -3.20. The van der Waals surface area contributed by atoms with Crippen molar-refractivity contribution in [2.24, 2.45) is 0 Å². The predicted molar refractivity (Wildman–Crippen MR) is 119 cm³/mol. The molecule has 2 atom stereocenters. The number of alkyl halides is 2. The van der Waals surface area contributed by atoms with E-state index in [9.17, 15) is 28.0 Å². The predicted octanol–water partition coefficient (Wildman–Crippen LogP) is 1.87. The van der Waals surface area contributed by atoms with Crippen molar-refractivity contribution in [3.63, 3.8) is 0 Å². The van der Waals surface area contributed by atoms with E-state index in [4.69, 9.17) is 27.4 Å². The van der Waals surface area contributed by atoms with Gasteiger partial charge in [-0.05, 0) is 35.1 Å². The normalized spacial score (nSPS) is 20.2. The van der Waals surface area contributed by atoms with Gasteiger partial charge < -0.3 is 9.71 Å². The highest BCUT2D eigenvalue weighted by Crippen LogP contribution is 2.33. The summed E-state index contributed by atoms with van der Waals surface area (Å²) in [4.78, 5) is 50.6. The number of halogens is 3. The Labute approximate surface area is 201 Å². The van der Waals surface area contributed by atoms with Crippen LogP contribution in [0.5, 0.6) is 0 Å². The SMILES string of the molecule is [B]C1CC(=O)NC(=O)C1N1Cc2cc(CN([B])C(=O)C(F)(F)c3ccc(Cl)cc3)ccc2C1=O. The number of hydrogen-bond acceptors (Lipinski definition) is 4. The molecule has 2 unspecified atom stereocenters. The number of carbonyl (C=O) groups is 4. The van der Waals surface area contributed by atoms with Crippen molar-refractivity contribution in [1.82, 2.24) is 15.0 Å². The first kappa shape index (κ1) is 23.9. The molecule has 2 aromatic rings. The fourth-order valence-corrected chi connectivity index (χ4v) is 4.23. The van der Waals surface area contributed by atoms with Crippen molar-refractivity contribution >= 4 is 51.1 Å². The lowest BCUT2D eigenvalue weighted by Gasteiger charge is -2.34. The minimum atomic E-state index is -3.87. The maximum absolute atomic E-state index is 14.6. The summed E-state index contributed by atoms with van der Waals surface area (Å²) in [5.41, 5.74) is 0.684. The quantitative estimate of drug-likeness (QED) is 0.522. The van der Waals surface area contributed by atoms with Crippen LogP contribution in [0.15, 0.2) is 42.5 Å². The van der Waals surface area contributed by atoms with E-state index >= 15 is 0 Å². The summed E-state index contributed by atoms with van der Waals surface area (Å²) in [5.74, 6) is -7.95. The highest BCUT2D eigenvalue weighted by Gasteiger charge is 2.44. The topological polar surface area (TPSA) is 86.8 Å². The second-order valence-corrected chi connectivity index (χ2v) is 8.60. The van der Waals surface area contributed by atoms with E-state index in [2.05, 4.69) is 5.32 Å². The van der Waals surface area contributed by atoms with Gasteiger partial charge in [0, 0.05) is 35.7 Å². The average Bonchev–Trinajstić information content (AvgIpc) is 3.08. The number of fused-ring (bicyclic) bond motifs is 1. The number of piperidine rings is 1. The minimum Gasteiger partial charge on any atom is -0.387 e. The molecular formula is C22H16B2ClF2N3O4. The summed E-state index contributed by atoms with van der Waals surface area (Å²) < 4.78 is 29.2. The number of carbonyl (C=O) groups excluding carboxylic acids is 4. The fraction of sp³-hybridized carbons (Fsp3) is 0.273. The lowest BCUT2D eigenvalue weighted by molar-refractivity contribution is -0.154. The third-order valence-electron chi connectivity index (χ3n) is 5.78. The molecule has 4 rings (SSSR count). The van der Waals surface area contributed by atoms with E-state index in [0.29, 0.717) is 21.5 Å². The number of nitrogens with one attached hydrogen (secondary N) is 1. The molecule has 0 aromatic heterocycles. The van der Waals surface area contributed by atoms with Crippen LogP contribution >= 0.6 is 11.6 Å². The molecular weight excluding hydrogens is 465 g/mol. The molecule has 0 spiro atoms. The third kappa shape index (κ3) is 4.32. The molecule has 12 heteroatoms. The fourth-order valence-electron chi connectivity index (χ4n) is 4.11. The van der Waals surface area contributed by atoms with E-state index in [1.807, 2.05) is 0 Å². The van der Waals surface area contributed by atoms with Gasteiger partial charge in [-0.25, -0.2) is 0 Å². The van der Waals surface area contributed by atoms with Gasteiger partial charge in [0.2, 0.25) is 19.8 Å². The van der Waals surface area contributed by atoms with Gasteiger partial charge in [0.1, 0.15) is 6.04 Å². The lowest BCUT2D eigenvalue weighted by atomic mass is 9.75. The van der Waals surface area contributed by atoms with Gasteiger partial charge in [0.25, 0.3) is 11.8 Å². The largest absolute Gasteiger partial charge is 0.387 e. The number of amides is 4. The Balaban J connectivity index is 1.49. The van der Waals surface area contributed by atoms with Crippen molar-refractivity contribution < 1.29 is 28.0 Å². The summed E-state index contributed by atoms with van der Waals surface area (Å²) in [7, 11) is 11.6. The van der Waals surface area contributed by atoms with Gasteiger partial charge in [-0.15, -0.1) is 0 Å². The zero-order valence-corrected chi connectivity index (χ0v) is 18.4. The van der Waals surface area contributed by atoms with E-state index in [1.54, 1.807) is 6.07 Å². The van der Waals surface area contributed by atoms with Gasteiger partial charge in [0.15, 0.2) is 0 Å². The standard InChI is InChI=1S/C22H16B2ClF2N3O4/c23-16-8-17(31)28-19(32)18(16)29-10-12-7-11(1-6-15(12)20(29)33)9-30(24)21(34)22(26,27)13-2-4-14(25)5-3-13/h1-7,16,18H,8-10H2,(H,28,31,32). The monoisotopic (exact) mass is 481 g/mol. The van der Waals surface area contributed by atoms with Gasteiger partial charge in [-0.3, -0.25) is 24.5 Å². The first-order chi connectivity index (χ1) is 16.0. The Morgan fingerprint density at radius 1 is 1.18 bits per heavy atom.